The van der Waals surface area contributed by atoms with Gasteiger partial charge in [0.1, 0.15) is 5.41 Å². The molecule has 0 bridgehead atoms. The second kappa shape index (κ2) is 8.56. The lowest BCUT2D eigenvalue weighted by Crippen LogP contribution is -2.56. The van der Waals surface area contributed by atoms with E-state index in [1.54, 1.807) is 0 Å². The summed E-state index contributed by atoms with van der Waals surface area (Å²) in [5.41, 5.74) is 1.22. The second-order valence-electron chi connectivity index (χ2n) is 10.1. The number of rotatable bonds is 2. The summed E-state index contributed by atoms with van der Waals surface area (Å²) in [5, 5.41) is 35.2. The van der Waals surface area contributed by atoms with Crippen LogP contribution in [0, 0.1) is 23.2 Å². The summed E-state index contributed by atoms with van der Waals surface area (Å²) >= 11 is 0. The van der Waals surface area contributed by atoms with Crippen molar-refractivity contribution >= 4 is 11.7 Å². The molecule has 30 heavy (non-hydrogen) atoms. The largest absolute Gasteiger partial charge is 0.390 e. The summed E-state index contributed by atoms with van der Waals surface area (Å²) in [4.78, 5) is 27.4. The van der Waals surface area contributed by atoms with E-state index in [9.17, 15) is 24.9 Å². The predicted octanol–water partition coefficient (Wildman–Crippen LogP) is 2.27. The van der Waals surface area contributed by atoms with Crippen molar-refractivity contribution in [2.24, 2.45) is 23.2 Å². The van der Waals surface area contributed by atoms with Crippen molar-refractivity contribution in [1.29, 1.82) is 0 Å². The number of hydrogen-bond donors (Lipinski definition) is 4. The van der Waals surface area contributed by atoms with E-state index >= 15 is 0 Å². The van der Waals surface area contributed by atoms with E-state index in [0.717, 1.165) is 23.1 Å². The molecule has 168 valence electrons. The third-order valence-electron chi connectivity index (χ3n) is 7.54. The van der Waals surface area contributed by atoms with Gasteiger partial charge in [-0.15, -0.1) is 0 Å². The number of aliphatic hydroxyl groups is 3. The Morgan fingerprint density at radius 1 is 1.10 bits per heavy atom. The standard InChI is InChI=1S/C24H37NO5/c1-12(2)9-17-21-14(4)15(5)22(29)16-10-13(3)7-6-8-18(26)19(27)11-20(28)24(16,21)23(30)25-17/h10,12,16-19,21-22,26-27,29H,6-9,11H2,1-5H3,(H,25,30)/b13-10+/t16-,17-,18+,19+,21-,22+,24+/m0/s1. The number of aliphatic hydroxyl groups excluding tert-OH is 3. The van der Waals surface area contributed by atoms with Crippen LogP contribution in [-0.4, -0.2) is 51.4 Å². The van der Waals surface area contributed by atoms with E-state index in [-0.39, 0.29) is 30.1 Å². The van der Waals surface area contributed by atoms with Gasteiger partial charge in [-0.3, -0.25) is 9.59 Å². The lowest BCUT2D eigenvalue weighted by Gasteiger charge is -2.46. The predicted molar refractivity (Wildman–Crippen MR) is 114 cm³/mol. The number of Topliss-reactive ketones (excluding diaryl/α,β-unsaturated/α-hetero) is 1. The Kier molecular flexibility index (Phi) is 6.61. The molecule has 2 aliphatic carbocycles. The lowest BCUT2D eigenvalue weighted by molar-refractivity contribution is -0.150. The number of nitrogens with one attached hydrogen (secondary N) is 1. The van der Waals surface area contributed by atoms with Gasteiger partial charge in [-0.25, -0.2) is 0 Å². The molecule has 6 heteroatoms. The zero-order valence-corrected chi connectivity index (χ0v) is 18.8. The first-order valence-corrected chi connectivity index (χ1v) is 11.2. The molecule has 3 rings (SSSR count). The molecule has 3 aliphatic rings. The van der Waals surface area contributed by atoms with Gasteiger partial charge in [0.05, 0.1) is 18.3 Å². The molecule has 0 radical (unpaired) electrons. The number of hydrogen-bond acceptors (Lipinski definition) is 5. The van der Waals surface area contributed by atoms with Gasteiger partial charge in [0.25, 0.3) is 0 Å². The Balaban J connectivity index is 2.23. The second-order valence-corrected chi connectivity index (χ2v) is 10.1. The molecule has 1 aliphatic heterocycles. The maximum Gasteiger partial charge on any atom is 0.235 e. The summed E-state index contributed by atoms with van der Waals surface area (Å²) in [5.74, 6) is -1.47. The number of allylic oxidation sites excluding steroid dienone is 1. The number of amides is 1. The molecule has 1 heterocycles. The van der Waals surface area contributed by atoms with E-state index in [0.29, 0.717) is 25.2 Å². The van der Waals surface area contributed by atoms with Crippen LogP contribution in [0.1, 0.15) is 66.7 Å². The van der Waals surface area contributed by atoms with Gasteiger partial charge in [0.2, 0.25) is 5.91 Å². The molecule has 1 amide bonds. The number of carbonyl (C=O) groups is 2. The van der Waals surface area contributed by atoms with Crippen LogP contribution < -0.4 is 5.32 Å². The van der Waals surface area contributed by atoms with E-state index < -0.39 is 29.6 Å². The minimum absolute atomic E-state index is 0.202. The highest BCUT2D eigenvalue weighted by atomic mass is 16.3. The minimum atomic E-state index is -1.46. The van der Waals surface area contributed by atoms with Crippen molar-refractivity contribution in [1.82, 2.24) is 5.32 Å². The average molecular weight is 420 g/mol. The minimum Gasteiger partial charge on any atom is -0.390 e. The first-order chi connectivity index (χ1) is 14.0. The lowest BCUT2D eigenvalue weighted by atomic mass is 9.54. The summed E-state index contributed by atoms with van der Waals surface area (Å²) in [6.07, 6.45) is 0.934. The molecule has 1 fully saturated rings. The van der Waals surface area contributed by atoms with Crippen molar-refractivity contribution in [2.45, 2.75) is 91.1 Å². The molecule has 0 aromatic carbocycles. The van der Waals surface area contributed by atoms with Crippen molar-refractivity contribution in [3.05, 3.63) is 22.8 Å². The van der Waals surface area contributed by atoms with Crippen molar-refractivity contribution in [2.75, 3.05) is 0 Å². The molecule has 0 unspecified atom stereocenters. The van der Waals surface area contributed by atoms with Crippen LogP contribution in [0.5, 0.6) is 0 Å². The van der Waals surface area contributed by atoms with Crippen LogP contribution in [0.2, 0.25) is 0 Å². The summed E-state index contributed by atoms with van der Waals surface area (Å²) < 4.78 is 0. The van der Waals surface area contributed by atoms with Gasteiger partial charge >= 0.3 is 0 Å². The highest BCUT2D eigenvalue weighted by molar-refractivity contribution is 6.10. The molecule has 1 spiro atoms. The quantitative estimate of drug-likeness (QED) is 0.406. The molecular weight excluding hydrogens is 382 g/mol. The van der Waals surface area contributed by atoms with Crippen LogP contribution in [0.3, 0.4) is 0 Å². The van der Waals surface area contributed by atoms with Gasteiger partial charge in [-0.1, -0.05) is 31.1 Å². The van der Waals surface area contributed by atoms with Crippen molar-refractivity contribution < 1.29 is 24.9 Å². The Labute approximate surface area is 179 Å². The normalized spacial score (nSPS) is 42.2. The highest BCUT2D eigenvalue weighted by Crippen LogP contribution is 2.56. The van der Waals surface area contributed by atoms with Crippen molar-refractivity contribution in [3.8, 4) is 0 Å². The van der Waals surface area contributed by atoms with Gasteiger partial charge < -0.3 is 20.6 Å². The van der Waals surface area contributed by atoms with Crippen LogP contribution in [0.25, 0.3) is 0 Å². The fraction of sp³-hybridized carbons (Fsp3) is 0.750. The smallest absolute Gasteiger partial charge is 0.235 e. The van der Waals surface area contributed by atoms with Crippen LogP contribution >= 0.6 is 0 Å². The van der Waals surface area contributed by atoms with Gasteiger partial charge in [-0.2, -0.15) is 0 Å². The molecular formula is C24H37NO5. The molecule has 6 nitrogen and oxygen atoms in total. The Morgan fingerprint density at radius 3 is 2.40 bits per heavy atom. The average Bonchev–Trinajstić information content (AvgIpc) is 2.94. The van der Waals surface area contributed by atoms with E-state index in [1.165, 1.54) is 0 Å². The monoisotopic (exact) mass is 419 g/mol. The van der Waals surface area contributed by atoms with E-state index in [4.69, 9.17) is 0 Å². The van der Waals surface area contributed by atoms with Crippen LogP contribution in [-0.2, 0) is 9.59 Å². The maximum absolute atomic E-state index is 13.8. The first-order valence-electron chi connectivity index (χ1n) is 11.2. The van der Waals surface area contributed by atoms with Gasteiger partial charge in [0, 0.05) is 24.3 Å². The SMILES string of the molecule is CC1=C(C)[C@H]2[C@H](CC(C)C)NC(=O)[C@]23C(=O)C[C@@H](O)[C@H](O)CCC/C(C)=C/[C@H]3[C@@H]1O. The zero-order chi connectivity index (χ0) is 22.4. The fourth-order valence-electron chi connectivity index (χ4n) is 5.91. The molecule has 0 aromatic rings. The third kappa shape index (κ3) is 3.67. The Bertz CT molecular complexity index is 770. The Morgan fingerprint density at radius 2 is 1.77 bits per heavy atom. The summed E-state index contributed by atoms with van der Waals surface area (Å²) in [6, 6.07) is -0.202. The first kappa shape index (κ1) is 23.2. The van der Waals surface area contributed by atoms with Crippen LogP contribution in [0.15, 0.2) is 22.8 Å². The Hall–Kier alpha value is -1.50. The maximum atomic E-state index is 13.8. The van der Waals surface area contributed by atoms with Gasteiger partial charge in [-0.05, 0) is 57.9 Å². The number of carbonyl (C=O) groups excluding carboxylic acids is 2. The topological polar surface area (TPSA) is 107 Å². The zero-order valence-electron chi connectivity index (χ0n) is 18.8. The van der Waals surface area contributed by atoms with Gasteiger partial charge in [0.15, 0.2) is 5.78 Å². The fourth-order valence-corrected chi connectivity index (χ4v) is 5.91. The molecule has 1 saturated heterocycles. The van der Waals surface area contributed by atoms with E-state index in [1.807, 2.05) is 26.8 Å². The third-order valence-corrected chi connectivity index (χ3v) is 7.54. The number of ketones is 1. The summed E-state index contributed by atoms with van der Waals surface area (Å²) in [6.45, 7) is 9.91. The molecule has 7 atom stereocenters. The highest BCUT2D eigenvalue weighted by Gasteiger charge is 2.66. The molecule has 0 aromatic heterocycles. The van der Waals surface area contributed by atoms with Crippen molar-refractivity contribution in [3.63, 3.8) is 0 Å². The molecule has 4 N–H and O–H groups in total. The van der Waals surface area contributed by atoms with Crippen LogP contribution in [0.4, 0.5) is 0 Å². The molecule has 0 saturated carbocycles. The summed E-state index contributed by atoms with van der Waals surface area (Å²) in [7, 11) is 0. The van der Waals surface area contributed by atoms with E-state index in [2.05, 4.69) is 19.2 Å².